The minimum atomic E-state index is -1.38. The molecule has 0 saturated heterocycles. The third-order valence-corrected chi connectivity index (χ3v) is 7.76. The molecule has 1 atom stereocenters. The molecule has 0 N–H and O–H groups in total. The molecule has 0 aliphatic heterocycles. The highest BCUT2D eigenvalue weighted by molar-refractivity contribution is 6.70. The van der Waals surface area contributed by atoms with E-state index in [9.17, 15) is 0 Å². The Morgan fingerprint density at radius 1 is 1.00 bits per heavy atom. The number of alkyl halides is 1. The second kappa shape index (κ2) is 6.90. The topological polar surface area (TPSA) is 9.23 Å². The Labute approximate surface area is 118 Å². The normalized spacial score (nSPS) is 12.5. The first-order valence-electron chi connectivity index (χ1n) is 6.05. The van der Waals surface area contributed by atoms with Crippen LogP contribution in [0.1, 0.15) is 11.1 Å². The van der Waals surface area contributed by atoms with Gasteiger partial charge in [0.25, 0.3) is 0 Å². The molecule has 18 heavy (non-hydrogen) atoms. The first-order valence-corrected chi connectivity index (χ1v) is 9.27. The number of hydrogen-bond acceptors (Lipinski definition) is 1. The lowest BCUT2D eigenvalue weighted by Crippen LogP contribution is -2.37. The van der Waals surface area contributed by atoms with Crippen molar-refractivity contribution in [2.45, 2.75) is 11.9 Å². The summed E-state index contributed by atoms with van der Waals surface area (Å²) in [4.78, 5) is 0. The minimum Gasteiger partial charge on any atom is -0.462 e. The average Bonchev–Trinajstić information content (AvgIpc) is 2.46. The Morgan fingerprint density at radius 2 is 1.67 bits per heavy atom. The third-order valence-electron chi connectivity index (χ3n) is 3.09. The second-order valence-electron chi connectivity index (χ2n) is 4.25. The number of halogens is 1. The lowest BCUT2D eigenvalue weighted by atomic mass is 10.2. The van der Waals surface area contributed by atoms with Crippen molar-refractivity contribution in [2.24, 2.45) is 0 Å². The molecule has 1 unspecified atom stereocenters. The lowest BCUT2D eigenvalue weighted by Gasteiger charge is -2.17. The second-order valence-corrected chi connectivity index (χ2v) is 8.41. The van der Waals surface area contributed by atoms with Crippen LogP contribution in [0.5, 0.6) is 0 Å². The molecule has 0 aliphatic rings. The largest absolute Gasteiger partial charge is 0.462 e. The number of rotatable bonds is 5. The van der Waals surface area contributed by atoms with Gasteiger partial charge in [-0.2, -0.15) is 0 Å². The first-order chi connectivity index (χ1) is 8.85. The van der Waals surface area contributed by atoms with Gasteiger partial charge >= 0.3 is 0 Å². The van der Waals surface area contributed by atoms with Crippen LogP contribution in [0.2, 0.25) is 0 Å². The molecular formula is C14H17ClOSi2. The van der Waals surface area contributed by atoms with E-state index in [1.165, 1.54) is 16.3 Å². The molecule has 2 aromatic carbocycles. The van der Waals surface area contributed by atoms with Crippen molar-refractivity contribution in [2.75, 3.05) is 0 Å². The van der Waals surface area contributed by atoms with Crippen molar-refractivity contribution in [1.82, 2.24) is 0 Å². The van der Waals surface area contributed by atoms with E-state index >= 15 is 0 Å². The summed E-state index contributed by atoms with van der Waals surface area (Å²) in [5.41, 5.74) is 2.58. The minimum absolute atomic E-state index is 0.569. The van der Waals surface area contributed by atoms with Crippen molar-refractivity contribution in [3.8, 4) is 0 Å². The van der Waals surface area contributed by atoms with E-state index in [4.69, 9.17) is 15.7 Å². The predicted molar refractivity (Wildman–Crippen MR) is 84.0 cm³/mol. The predicted octanol–water partition coefficient (Wildman–Crippen LogP) is 1.44. The van der Waals surface area contributed by atoms with Crippen LogP contribution in [0.3, 0.4) is 0 Å². The Morgan fingerprint density at radius 3 is 2.33 bits per heavy atom. The molecular weight excluding hydrogens is 276 g/mol. The standard InChI is InChI=1S/C14H17ClOSi2/c15-10-13-8-4-5-9-14(13)18(16-17)11-12-6-2-1-3-7-12/h1-9,18H,10-11H2,17H3. The van der Waals surface area contributed by atoms with Gasteiger partial charge in [-0.1, -0.05) is 54.6 Å². The van der Waals surface area contributed by atoms with Crippen LogP contribution in [0.25, 0.3) is 0 Å². The molecule has 0 aliphatic carbocycles. The van der Waals surface area contributed by atoms with Crippen molar-refractivity contribution in [3.63, 3.8) is 0 Å². The molecule has 0 saturated carbocycles. The summed E-state index contributed by atoms with van der Waals surface area (Å²) in [5, 5.41) is 1.35. The van der Waals surface area contributed by atoms with Crippen molar-refractivity contribution in [3.05, 3.63) is 65.7 Å². The fourth-order valence-corrected chi connectivity index (χ4v) is 6.03. The molecule has 0 fully saturated rings. The van der Waals surface area contributed by atoms with Gasteiger partial charge in [-0.3, -0.25) is 0 Å². The van der Waals surface area contributed by atoms with Crippen LogP contribution in [-0.2, 0) is 16.0 Å². The zero-order valence-electron chi connectivity index (χ0n) is 10.5. The van der Waals surface area contributed by atoms with Crippen LogP contribution in [0.15, 0.2) is 54.6 Å². The van der Waals surface area contributed by atoms with Gasteiger partial charge in [0.05, 0.1) is 0 Å². The first kappa shape index (κ1) is 13.6. The Hall–Kier alpha value is -0.876. The fourth-order valence-electron chi connectivity index (χ4n) is 2.12. The van der Waals surface area contributed by atoms with Crippen LogP contribution in [0.4, 0.5) is 0 Å². The molecule has 0 amide bonds. The van der Waals surface area contributed by atoms with Gasteiger partial charge in [-0.15, -0.1) is 11.6 Å². The Kier molecular flexibility index (Phi) is 5.19. The van der Waals surface area contributed by atoms with E-state index in [1.54, 1.807) is 0 Å². The monoisotopic (exact) mass is 292 g/mol. The van der Waals surface area contributed by atoms with E-state index in [0.29, 0.717) is 5.88 Å². The van der Waals surface area contributed by atoms with Gasteiger partial charge in [0.1, 0.15) is 10.5 Å². The summed E-state index contributed by atoms with van der Waals surface area (Å²) < 4.78 is 5.90. The van der Waals surface area contributed by atoms with E-state index in [0.717, 1.165) is 16.5 Å². The fraction of sp³-hybridized carbons (Fsp3) is 0.143. The molecule has 0 bridgehead atoms. The molecule has 0 heterocycles. The summed E-state index contributed by atoms with van der Waals surface area (Å²) in [6.07, 6.45) is 0. The average molecular weight is 293 g/mol. The Balaban J connectivity index is 2.23. The third kappa shape index (κ3) is 3.32. The zero-order valence-corrected chi connectivity index (χ0v) is 14.4. The van der Waals surface area contributed by atoms with Gasteiger partial charge in [0.15, 0.2) is 9.04 Å². The van der Waals surface area contributed by atoms with Crippen molar-refractivity contribution >= 4 is 36.3 Å². The van der Waals surface area contributed by atoms with Crippen LogP contribution >= 0.6 is 11.6 Å². The van der Waals surface area contributed by atoms with E-state index in [1.807, 2.05) is 12.1 Å². The molecule has 2 aromatic rings. The highest BCUT2D eigenvalue weighted by Gasteiger charge is 2.16. The van der Waals surface area contributed by atoms with Crippen LogP contribution < -0.4 is 5.19 Å². The molecule has 94 valence electrons. The van der Waals surface area contributed by atoms with Gasteiger partial charge in [-0.25, -0.2) is 0 Å². The smallest absolute Gasteiger partial charge is 0.199 e. The maximum atomic E-state index is 6.01. The summed E-state index contributed by atoms with van der Waals surface area (Å²) in [6.45, 7) is 0. The summed E-state index contributed by atoms with van der Waals surface area (Å²) in [7, 11) is -0.591. The molecule has 1 nitrogen and oxygen atoms in total. The van der Waals surface area contributed by atoms with E-state index < -0.39 is 9.04 Å². The quantitative estimate of drug-likeness (QED) is 0.598. The highest BCUT2D eigenvalue weighted by Crippen LogP contribution is 2.07. The maximum absolute atomic E-state index is 6.01. The van der Waals surface area contributed by atoms with Gasteiger partial charge in [-0.05, 0) is 22.4 Å². The molecule has 0 aromatic heterocycles. The van der Waals surface area contributed by atoms with Gasteiger partial charge in [0.2, 0.25) is 0 Å². The Bertz CT molecular complexity index is 490. The SMILES string of the molecule is [SiH3]O[SiH](Cc1ccccc1)c1ccccc1CCl. The molecule has 4 heteroatoms. The van der Waals surface area contributed by atoms with Gasteiger partial charge in [0, 0.05) is 5.88 Å². The van der Waals surface area contributed by atoms with Crippen molar-refractivity contribution < 1.29 is 4.12 Å². The van der Waals surface area contributed by atoms with Crippen LogP contribution in [-0.4, -0.2) is 19.5 Å². The maximum Gasteiger partial charge on any atom is 0.199 e. The molecule has 0 spiro atoms. The molecule has 2 rings (SSSR count). The summed E-state index contributed by atoms with van der Waals surface area (Å²) in [5.74, 6) is 0.569. The number of hydrogen-bond donors (Lipinski definition) is 0. The summed E-state index contributed by atoms with van der Waals surface area (Å²) >= 11 is 6.01. The molecule has 0 radical (unpaired) electrons. The summed E-state index contributed by atoms with van der Waals surface area (Å²) in [6, 6.07) is 20.0. The lowest BCUT2D eigenvalue weighted by molar-refractivity contribution is 0.643. The van der Waals surface area contributed by atoms with Crippen molar-refractivity contribution in [1.29, 1.82) is 0 Å². The highest BCUT2D eigenvalue weighted by atomic mass is 35.5. The van der Waals surface area contributed by atoms with E-state index in [2.05, 4.69) is 42.5 Å². The van der Waals surface area contributed by atoms with Crippen LogP contribution in [0, 0.1) is 0 Å². The van der Waals surface area contributed by atoms with E-state index in [-0.39, 0.29) is 0 Å². The van der Waals surface area contributed by atoms with Gasteiger partial charge < -0.3 is 4.12 Å². The zero-order chi connectivity index (χ0) is 12.8. The number of benzene rings is 2.